The molecule has 22 heavy (non-hydrogen) atoms. The summed E-state index contributed by atoms with van der Waals surface area (Å²) in [6.45, 7) is 7.97. The monoisotopic (exact) mass is 300 g/mol. The van der Waals surface area contributed by atoms with Crippen molar-refractivity contribution in [3.63, 3.8) is 0 Å². The normalized spacial score (nSPS) is 17.1. The molecule has 0 bridgehead atoms. The van der Waals surface area contributed by atoms with Crippen molar-refractivity contribution in [2.45, 2.75) is 39.2 Å². The van der Waals surface area contributed by atoms with E-state index in [1.165, 1.54) is 4.90 Å². The Hall–Kier alpha value is -2.35. The maximum atomic E-state index is 12.4. The molecule has 116 valence electrons. The Morgan fingerprint density at radius 3 is 2.64 bits per heavy atom. The first-order valence-electron chi connectivity index (χ1n) is 7.30. The van der Waals surface area contributed by atoms with Crippen LogP contribution in [0.3, 0.4) is 0 Å². The van der Waals surface area contributed by atoms with Crippen LogP contribution in [0.25, 0.3) is 0 Å². The first kappa shape index (κ1) is 16.0. The smallest absolute Gasteiger partial charge is 0.325 e. The largest absolute Gasteiger partial charge is 0.465 e. The minimum absolute atomic E-state index is 0.0767. The molecule has 0 spiro atoms. The molecule has 0 fully saturated rings. The van der Waals surface area contributed by atoms with Gasteiger partial charge in [0, 0.05) is 11.1 Å². The summed E-state index contributed by atoms with van der Waals surface area (Å²) in [5, 5.41) is 9.44. The molecule has 5 heteroatoms. The Balaban J connectivity index is 2.38. The molecule has 5 nitrogen and oxygen atoms in total. The van der Waals surface area contributed by atoms with Gasteiger partial charge in [-0.15, -0.1) is 0 Å². The van der Waals surface area contributed by atoms with Crippen molar-refractivity contribution >= 4 is 11.9 Å². The van der Waals surface area contributed by atoms with Crippen molar-refractivity contribution in [2.75, 3.05) is 13.2 Å². The predicted octanol–water partition coefficient (Wildman–Crippen LogP) is 2.57. The number of fused-ring (bicyclic) bond motifs is 1. The lowest BCUT2D eigenvalue weighted by molar-refractivity contribution is -0.144. The fourth-order valence-corrected chi connectivity index (χ4v) is 2.54. The fourth-order valence-electron chi connectivity index (χ4n) is 2.54. The van der Waals surface area contributed by atoms with Gasteiger partial charge in [-0.25, -0.2) is 0 Å². The summed E-state index contributed by atoms with van der Waals surface area (Å²) >= 11 is 0. The van der Waals surface area contributed by atoms with E-state index in [-0.39, 0.29) is 24.5 Å². The quantitative estimate of drug-likeness (QED) is 0.804. The number of nitrogens with zero attached hydrogens (tertiary/aromatic N) is 2. The number of carbonyl (C=O) groups is 2. The van der Waals surface area contributed by atoms with E-state index in [4.69, 9.17) is 4.74 Å². The third kappa shape index (κ3) is 2.82. The molecule has 1 atom stereocenters. The summed E-state index contributed by atoms with van der Waals surface area (Å²) in [4.78, 5) is 25.4. The SMILES string of the molecule is CCOC(=O)CN1C(=O)c2ccc(C(C)(C)C)cc2C1C#N. The van der Waals surface area contributed by atoms with Gasteiger partial charge in [0.1, 0.15) is 12.6 Å². The molecule has 0 N–H and O–H groups in total. The molecule has 0 saturated heterocycles. The average molecular weight is 300 g/mol. The standard InChI is InChI=1S/C17H20N2O3/c1-5-22-15(20)10-19-14(9-18)13-8-11(17(2,3)4)6-7-12(13)16(19)21/h6-8,14H,5,10H2,1-4H3. The lowest BCUT2D eigenvalue weighted by atomic mass is 9.85. The molecule has 1 heterocycles. The van der Waals surface area contributed by atoms with Crippen LogP contribution in [-0.4, -0.2) is 29.9 Å². The fraction of sp³-hybridized carbons (Fsp3) is 0.471. The summed E-state index contributed by atoms with van der Waals surface area (Å²) in [5.74, 6) is -0.796. The minimum atomic E-state index is -0.741. The average Bonchev–Trinajstić information content (AvgIpc) is 2.70. The highest BCUT2D eigenvalue weighted by Crippen LogP contribution is 2.36. The first-order chi connectivity index (χ1) is 10.3. The van der Waals surface area contributed by atoms with Crippen LogP contribution in [0.1, 0.15) is 55.2 Å². The Morgan fingerprint density at radius 2 is 2.09 bits per heavy atom. The zero-order valence-electron chi connectivity index (χ0n) is 13.3. The second-order valence-corrected chi connectivity index (χ2v) is 6.32. The number of amides is 1. The second-order valence-electron chi connectivity index (χ2n) is 6.32. The Kier molecular flexibility index (Phi) is 4.23. The van der Waals surface area contributed by atoms with E-state index in [0.29, 0.717) is 11.1 Å². The van der Waals surface area contributed by atoms with Gasteiger partial charge in [0.05, 0.1) is 12.7 Å². The third-order valence-electron chi connectivity index (χ3n) is 3.74. The van der Waals surface area contributed by atoms with Gasteiger partial charge < -0.3 is 9.64 Å². The van der Waals surface area contributed by atoms with Crippen LogP contribution in [0.2, 0.25) is 0 Å². The molecule has 0 aromatic heterocycles. The molecule has 0 saturated carbocycles. The summed E-state index contributed by atoms with van der Waals surface area (Å²) in [6, 6.07) is 6.92. The van der Waals surface area contributed by atoms with Gasteiger partial charge in [-0.05, 0) is 24.0 Å². The Labute approximate surface area is 130 Å². The highest BCUT2D eigenvalue weighted by Gasteiger charge is 2.38. The zero-order chi connectivity index (χ0) is 16.5. The van der Waals surface area contributed by atoms with Gasteiger partial charge in [-0.1, -0.05) is 32.9 Å². The van der Waals surface area contributed by atoms with Gasteiger partial charge in [-0.3, -0.25) is 9.59 Å². The topological polar surface area (TPSA) is 70.4 Å². The summed E-state index contributed by atoms with van der Waals surface area (Å²) in [6.07, 6.45) is 0. The third-order valence-corrected chi connectivity index (χ3v) is 3.74. The van der Waals surface area contributed by atoms with Crippen LogP contribution < -0.4 is 0 Å². The number of benzene rings is 1. The number of hydrogen-bond acceptors (Lipinski definition) is 4. The predicted molar refractivity (Wildman–Crippen MR) is 81.2 cm³/mol. The number of hydrogen-bond donors (Lipinski definition) is 0. The van der Waals surface area contributed by atoms with E-state index in [9.17, 15) is 14.9 Å². The van der Waals surface area contributed by atoms with Crippen molar-refractivity contribution in [1.82, 2.24) is 4.90 Å². The van der Waals surface area contributed by atoms with Crippen LogP contribution in [0.15, 0.2) is 18.2 Å². The molecule has 2 rings (SSSR count). The number of rotatable bonds is 3. The maximum Gasteiger partial charge on any atom is 0.325 e. The molecule has 1 aliphatic heterocycles. The van der Waals surface area contributed by atoms with Crippen LogP contribution in [0.4, 0.5) is 0 Å². The highest BCUT2D eigenvalue weighted by molar-refractivity contribution is 6.01. The van der Waals surface area contributed by atoms with Crippen molar-refractivity contribution in [3.05, 3.63) is 34.9 Å². The van der Waals surface area contributed by atoms with Crippen molar-refractivity contribution < 1.29 is 14.3 Å². The van der Waals surface area contributed by atoms with Gasteiger partial charge >= 0.3 is 5.97 Å². The Bertz CT molecular complexity index is 653. The molecule has 1 aliphatic rings. The van der Waals surface area contributed by atoms with Crippen LogP contribution in [-0.2, 0) is 14.9 Å². The van der Waals surface area contributed by atoms with Crippen LogP contribution >= 0.6 is 0 Å². The van der Waals surface area contributed by atoms with Crippen molar-refractivity contribution in [3.8, 4) is 6.07 Å². The van der Waals surface area contributed by atoms with Crippen molar-refractivity contribution in [1.29, 1.82) is 5.26 Å². The molecule has 1 aromatic carbocycles. The minimum Gasteiger partial charge on any atom is -0.465 e. The molecule has 0 aliphatic carbocycles. The van der Waals surface area contributed by atoms with E-state index in [1.807, 2.05) is 12.1 Å². The summed E-state index contributed by atoms with van der Waals surface area (Å²) < 4.78 is 4.88. The molecular weight excluding hydrogens is 280 g/mol. The summed E-state index contributed by atoms with van der Waals surface area (Å²) in [5.41, 5.74) is 2.14. The van der Waals surface area contributed by atoms with Gasteiger partial charge in [0.25, 0.3) is 5.91 Å². The van der Waals surface area contributed by atoms with E-state index in [1.54, 1.807) is 13.0 Å². The number of ether oxygens (including phenoxy) is 1. The maximum absolute atomic E-state index is 12.4. The van der Waals surface area contributed by atoms with E-state index in [0.717, 1.165) is 5.56 Å². The zero-order valence-corrected chi connectivity index (χ0v) is 13.3. The number of nitriles is 1. The number of carbonyl (C=O) groups excluding carboxylic acids is 2. The van der Waals surface area contributed by atoms with Crippen LogP contribution in [0.5, 0.6) is 0 Å². The molecule has 1 aromatic rings. The van der Waals surface area contributed by atoms with E-state index in [2.05, 4.69) is 26.8 Å². The van der Waals surface area contributed by atoms with Gasteiger partial charge in [0.2, 0.25) is 0 Å². The number of esters is 1. The summed E-state index contributed by atoms with van der Waals surface area (Å²) in [7, 11) is 0. The van der Waals surface area contributed by atoms with Gasteiger partial charge in [-0.2, -0.15) is 5.26 Å². The van der Waals surface area contributed by atoms with E-state index >= 15 is 0 Å². The molecule has 1 unspecified atom stereocenters. The Morgan fingerprint density at radius 1 is 1.41 bits per heavy atom. The molecule has 0 radical (unpaired) electrons. The molecular formula is C17H20N2O3. The highest BCUT2D eigenvalue weighted by atomic mass is 16.5. The van der Waals surface area contributed by atoms with E-state index < -0.39 is 12.0 Å². The van der Waals surface area contributed by atoms with Crippen molar-refractivity contribution in [2.24, 2.45) is 0 Å². The molecule has 1 amide bonds. The lowest BCUT2D eigenvalue weighted by Crippen LogP contribution is -2.33. The lowest BCUT2D eigenvalue weighted by Gasteiger charge is -2.21. The van der Waals surface area contributed by atoms with Crippen LogP contribution in [0, 0.1) is 11.3 Å². The first-order valence-corrected chi connectivity index (χ1v) is 7.30. The second kappa shape index (κ2) is 5.80. The van der Waals surface area contributed by atoms with Gasteiger partial charge in [0.15, 0.2) is 0 Å².